The molecule has 1 N–H and O–H groups in total. The zero-order valence-corrected chi connectivity index (χ0v) is 20.3. The van der Waals surface area contributed by atoms with Gasteiger partial charge in [0.25, 0.3) is 0 Å². The Balaban J connectivity index is 1.92. The van der Waals surface area contributed by atoms with E-state index in [2.05, 4.69) is 5.32 Å². The molecule has 0 saturated carbocycles. The number of alkyl carbamates (subject to hydrolysis) is 1. The van der Waals surface area contributed by atoms with Crippen LogP contribution in [0.2, 0.25) is 10.0 Å². The Morgan fingerprint density at radius 1 is 1.00 bits per heavy atom. The van der Waals surface area contributed by atoms with Gasteiger partial charge in [0.15, 0.2) is 0 Å². The zero-order valence-electron chi connectivity index (χ0n) is 17.1. The van der Waals surface area contributed by atoms with Gasteiger partial charge in [-0.05, 0) is 30.7 Å². The monoisotopic (exact) mass is 507 g/mol. The summed E-state index contributed by atoms with van der Waals surface area (Å²) < 4.78 is 33.5. The Labute approximate surface area is 200 Å². The Hall–Kier alpha value is -1.15. The molecule has 0 heterocycles. The molecule has 2 rings (SSSR count). The predicted octanol–water partition coefficient (Wildman–Crippen LogP) is 7.33. The maximum Gasteiger partial charge on any atom is 0.407 e. The first-order valence-electron chi connectivity index (χ1n) is 9.88. The molecule has 0 bridgehead atoms. The van der Waals surface area contributed by atoms with E-state index in [0.717, 1.165) is 12.8 Å². The van der Waals surface area contributed by atoms with Crippen LogP contribution in [0.15, 0.2) is 36.4 Å². The maximum atomic E-state index is 14.0. The highest BCUT2D eigenvalue weighted by atomic mass is 35.5. The topological polar surface area (TPSA) is 38.3 Å². The van der Waals surface area contributed by atoms with E-state index in [1.807, 2.05) is 6.92 Å². The number of nitrogens with one attached hydrogen (secondary N) is 1. The van der Waals surface area contributed by atoms with Crippen molar-refractivity contribution in [2.45, 2.75) is 37.4 Å². The van der Waals surface area contributed by atoms with Crippen LogP contribution in [-0.4, -0.2) is 30.2 Å². The second-order valence-electron chi connectivity index (χ2n) is 6.74. The van der Waals surface area contributed by atoms with Gasteiger partial charge in [0.1, 0.15) is 17.7 Å². The highest BCUT2D eigenvalue weighted by Crippen LogP contribution is 2.27. The van der Waals surface area contributed by atoms with Crippen LogP contribution in [0.1, 0.15) is 30.9 Å². The standard InChI is InChI=1S/C22H25Cl2F2NO2S2/c1-2-3-10-27-22(28)29-15(11-30-13-16-18(23)6-4-8-20(16)25)12-31-14-17-19(24)7-5-9-21(17)26/h4-9,15H,2-3,10-14H2,1H3,(H,27,28). The summed E-state index contributed by atoms with van der Waals surface area (Å²) in [5.41, 5.74) is 0.845. The van der Waals surface area contributed by atoms with Crippen molar-refractivity contribution in [3.05, 3.63) is 69.2 Å². The van der Waals surface area contributed by atoms with Crippen LogP contribution in [0.4, 0.5) is 13.6 Å². The quantitative estimate of drug-likeness (QED) is 0.305. The van der Waals surface area contributed by atoms with Crippen molar-refractivity contribution < 1.29 is 18.3 Å². The molecule has 170 valence electrons. The van der Waals surface area contributed by atoms with Crippen LogP contribution in [0, 0.1) is 11.6 Å². The predicted molar refractivity (Wildman–Crippen MR) is 128 cm³/mol. The van der Waals surface area contributed by atoms with Crippen LogP contribution < -0.4 is 5.32 Å². The third-order valence-corrected chi connectivity index (χ3v) is 7.21. The van der Waals surface area contributed by atoms with Crippen LogP contribution >= 0.6 is 46.7 Å². The number of carbonyl (C=O) groups is 1. The van der Waals surface area contributed by atoms with Gasteiger partial charge in [-0.3, -0.25) is 0 Å². The second kappa shape index (κ2) is 14.1. The van der Waals surface area contributed by atoms with E-state index in [9.17, 15) is 13.6 Å². The van der Waals surface area contributed by atoms with Gasteiger partial charge in [0.2, 0.25) is 0 Å². The van der Waals surface area contributed by atoms with Gasteiger partial charge >= 0.3 is 6.09 Å². The van der Waals surface area contributed by atoms with E-state index in [1.165, 1.54) is 35.7 Å². The van der Waals surface area contributed by atoms with Crippen molar-refractivity contribution in [1.82, 2.24) is 5.32 Å². The molecule has 2 aromatic carbocycles. The van der Waals surface area contributed by atoms with E-state index in [0.29, 0.717) is 50.7 Å². The lowest BCUT2D eigenvalue weighted by molar-refractivity contribution is 0.119. The molecule has 0 atom stereocenters. The van der Waals surface area contributed by atoms with Crippen molar-refractivity contribution in [2.24, 2.45) is 0 Å². The molecule has 9 heteroatoms. The largest absolute Gasteiger partial charge is 0.444 e. The van der Waals surface area contributed by atoms with Gasteiger partial charge in [-0.25, -0.2) is 13.6 Å². The van der Waals surface area contributed by atoms with E-state index in [4.69, 9.17) is 27.9 Å². The first-order chi connectivity index (χ1) is 14.9. The third kappa shape index (κ3) is 9.08. The molecule has 0 aliphatic carbocycles. The summed E-state index contributed by atoms with van der Waals surface area (Å²) in [6.07, 6.45) is 0.892. The Morgan fingerprint density at radius 2 is 1.52 bits per heavy atom. The van der Waals surface area contributed by atoms with Gasteiger partial charge in [0, 0.05) is 50.7 Å². The Kier molecular flexibility index (Phi) is 11.9. The third-order valence-electron chi connectivity index (χ3n) is 4.30. The molecule has 0 fully saturated rings. The lowest BCUT2D eigenvalue weighted by Crippen LogP contribution is -2.32. The lowest BCUT2D eigenvalue weighted by Gasteiger charge is -2.18. The van der Waals surface area contributed by atoms with Gasteiger partial charge < -0.3 is 10.1 Å². The van der Waals surface area contributed by atoms with Crippen LogP contribution in [0.5, 0.6) is 0 Å². The minimum atomic E-state index is -0.493. The number of halogens is 4. The number of amides is 1. The number of ether oxygens (including phenoxy) is 1. The highest BCUT2D eigenvalue weighted by Gasteiger charge is 2.17. The van der Waals surface area contributed by atoms with Crippen LogP contribution in [-0.2, 0) is 16.2 Å². The number of benzene rings is 2. The lowest BCUT2D eigenvalue weighted by atomic mass is 10.2. The number of thioether (sulfide) groups is 2. The number of carbonyl (C=O) groups excluding carboxylic acids is 1. The minimum absolute atomic E-state index is 0.354. The molecule has 31 heavy (non-hydrogen) atoms. The number of rotatable bonds is 12. The molecule has 1 amide bonds. The van der Waals surface area contributed by atoms with Gasteiger partial charge in [-0.2, -0.15) is 23.5 Å². The second-order valence-corrected chi connectivity index (χ2v) is 9.61. The molecular formula is C22H25Cl2F2NO2S2. The van der Waals surface area contributed by atoms with Gasteiger partial charge in [-0.1, -0.05) is 48.7 Å². The highest BCUT2D eigenvalue weighted by molar-refractivity contribution is 7.99. The minimum Gasteiger partial charge on any atom is -0.444 e. The summed E-state index contributed by atoms with van der Waals surface area (Å²) >= 11 is 15.0. The average molecular weight is 508 g/mol. The summed E-state index contributed by atoms with van der Waals surface area (Å²) in [5, 5.41) is 3.46. The Morgan fingerprint density at radius 3 is 1.97 bits per heavy atom. The van der Waals surface area contributed by atoms with E-state index < -0.39 is 12.2 Å². The fourth-order valence-corrected chi connectivity index (χ4v) is 5.50. The fraction of sp³-hybridized carbons (Fsp3) is 0.409. The average Bonchev–Trinajstić information content (AvgIpc) is 2.72. The maximum absolute atomic E-state index is 14.0. The van der Waals surface area contributed by atoms with Gasteiger partial charge in [-0.15, -0.1) is 0 Å². The SMILES string of the molecule is CCCCNC(=O)OC(CSCc1c(F)cccc1Cl)CSCc1c(F)cccc1Cl. The van der Waals surface area contributed by atoms with Crippen molar-refractivity contribution in [1.29, 1.82) is 0 Å². The molecule has 0 spiro atoms. The number of hydrogen-bond acceptors (Lipinski definition) is 4. The summed E-state index contributed by atoms with van der Waals surface area (Å²) in [6.45, 7) is 2.57. The van der Waals surface area contributed by atoms with E-state index in [-0.39, 0.29) is 11.6 Å². The first-order valence-corrected chi connectivity index (χ1v) is 12.9. The normalized spacial score (nSPS) is 11.0. The van der Waals surface area contributed by atoms with Crippen LogP contribution in [0.25, 0.3) is 0 Å². The fourth-order valence-electron chi connectivity index (χ4n) is 2.60. The summed E-state index contributed by atoms with van der Waals surface area (Å²) in [5.74, 6) is 0.879. The Bertz CT molecular complexity index is 760. The molecule has 2 aromatic rings. The zero-order chi connectivity index (χ0) is 22.6. The van der Waals surface area contributed by atoms with Crippen molar-refractivity contribution in [2.75, 3.05) is 18.1 Å². The molecule has 0 saturated heterocycles. The first kappa shape index (κ1) is 26.1. The summed E-state index contributed by atoms with van der Waals surface area (Å²) in [6, 6.07) is 9.13. The molecular weight excluding hydrogens is 483 g/mol. The smallest absolute Gasteiger partial charge is 0.407 e. The number of unbranched alkanes of at least 4 members (excludes halogenated alkanes) is 1. The molecule has 0 aliphatic rings. The molecule has 0 unspecified atom stereocenters. The van der Waals surface area contributed by atoms with Crippen molar-refractivity contribution >= 4 is 52.8 Å². The van der Waals surface area contributed by atoms with E-state index >= 15 is 0 Å². The molecule has 0 radical (unpaired) electrons. The molecule has 0 aromatic heterocycles. The van der Waals surface area contributed by atoms with Crippen molar-refractivity contribution in [3.63, 3.8) is 0 Å². The van der Waals surface area contributed by atoms with Gasteiger partial charge in [0.05, 0.1) is 0 Å². The summed E-state index contributed by atoms with van der Waals surface area (Å²) in [7, 11) is 0. The summed E-state index contributed by atoms with van der Waals surface area (Å²) in [4.78, 5) is 12.1. The molecule has 0 aliphatic heterocycles. The van der Waals surface area contributed by atoms with Crippen LogP contribution in [0.3, 0.4) is 0 Å². The molecule has 3 nitrogen and oxygen atoms in total. The number of hydrogen-bond donors (Lipinski definition) is 1. The van der Waals surface area contributed by atoms with Crippen molar-refractivity contribution in [3.8, 4) is 0 Å². The van der Waals surface area contributed by atoms with E-state index in [1.54, 1.807) is 24.3 Å².